The number of aliphatic hydroxyl groups excluding tert-OH is 1. The van der Waals surface area contributed by atoms with Gasteiger partial charge in [-0.05, 0) is 28.7 Å². The van der Waals surface area contributed by atoms with Crippen LogP contribution in [0.4, 0.5) is 0 Å². The first-order chi connectivity index (χ1) is 4.22. The quantitative estimate of drug-likeness (QED) is 0.513. The minimum atomic E-state index is 0.142. The maximum atomic E-state index is 9.06. The molecule has 0 spiro atoms. The number of hydrogen-bond donors (Lipinski definition) is 2. The molecule has 0 atom stereocenters. The molecule has 1 aliphatic rings. The van der Waals surface area contributed by atoms with Crippen LogP contribution in [0.3, 0.4) is 0 Å². The Bertz CT molecular complexity index is 187. The van der Waals surface area contributed by atoms with Crippen LogP contribution in [0.15, 0.2) is 20.6 Å². The van der Waals surface area contributed by atoms with Crippen molar-refractivity contribution in [3.05, 3.63) is 20.6 Å². The summed E-state index contributed by atoms with van der Waals surface area (Å²) in [6, 6.07) is 0. The van der Waals surface area contributed by atoms with Gasteiger partial charge in [0.25, 0.3) is 0 Å². The minimum Gasteiger partial charge on any atom is -0.504 e. The second-order valence-electron chi connectivity index (χ2n) is 1.60. The molecule has 0 amide bonds. The Morgan fingerprint density at radius 1 is 1.78 bits per heavy atom. The molecule has 1 heterocycles. The van der Waals surface area contributed by atoms with E-state index < -0.39 is 0 Å². The van der Waals surface area contributed by atoms with Crippen LogP contribution in [-0.4, -0.2) is 11.7 Å². The number of rotatable bonds is 0. The van der Waals surface area contributed by atoms with Gasteiger partial charge in [0.2, 0.25) is 0 Å². The maximum absolute atomic E-state index is 9.06. The molecule has 0 fully saturated rings. The molecular formula is C5H5ClINO. The Morgan fingerprint density at radius 2 is 2.44 bits per heavy atom. The zero-order chi connectivity index (χ0) is 6.85. The SMILES string of the molecule is OC1=C(I)NCC=C1Cl. The minimum absolute atomic E-state index is 0.142. The Hall–Kier alpha value is 0.1000. The monoisotopic (exact) mass is 257 g/mol. The van der Waals surface area contributed by atoms with Crippen molar-refractivity contribution in [1.29, 1.82) is 0 Å². The summed E-state index contributed by atoms with van der Waals surface area (Å²) < 4.78 is 0.708. The molecule has 0 saturated heterocycles. The molecule has 50 valence electrons. The predicted molar refractivity (Wildman–Crippen MR) is 45.6 cm³/mol. The van der Waals surface area contributed by atoms with Crippen molar-refractivity contribution < 1.29 is 5.11 Å². The first-order valence-corrected chi connectivity index (χ1v) is 3.86. The van der Waals surface area contributed by atoms with Crippen molar-refractivity contribution in [2.45, 2.75) is 0 Å². The normalized spacial score (nSPS) is 19.1. The van der Waals surface area contributed by atoms with E-state index >= 15 is 0 Å². The number of aliphatic hydroxyl groups is 1. The van der Waals surface area contributed by atoms with Crippen LogP contribution in [-0.2, 0) is 0 Å². The van der Waals surface area contributed by atoms with Gasteiger partial charge < -0.3 is 10.4 Å². The van der Waals surface area contributed by atoms with Gasteiger partial charge in [-0.1, -0.05) is 11.6 Å². The van der Waals surface area contributed by atoms with Gasteiger partial charge in [0.05, 0.1) is 5.03 Å². The number of hydrogen-bond acceptors (Lipinski definition) is 2. The number of nitrogens with one attached hydrogen (secondary N) is 1. The molecule has 1 rings (SSSR count). The van der Waals surface area contributed by atoms with Crippen LogP contribution in [0.2, 0.25) is 0 Å². The molecule has 0 aromatic rings. The summed E-state index contributed by atoms with van der Waals surface area (Å²) in [7, 11) is 0. The molecule has 1 aliphatic heterocycles. The molecule has 0 bridgehead atoms. The second-order valence-corrected chi connectivity index (χ2v) is 3.08. The molecule has 4 heteroatoms. The number of dihydropyridines is 1. The fourth-order valence-corrected chi connectivity index (χ4v) is 1.36. The van der Waals surface area contributed by atoms with Gasteiger partial charge in [-0.3, -0.25) is 0 Å². The van der Waals surface area contributed by atoms with Crippen molar-refractivity contribution in [1.82, 2.24) is 5.32 Å². The Balaban J connectivity index is 2.88. The Labute approximate surface area is 71.7 Å². The Kier molecular flexibility index (Phi) is 2.23. The van der Waals surface area contributed by atoms with E-state index in [1.807, 2.05) is 22.6 Å². The average molecular weight is 257 g/mol. The van der Waals surface area contributed by atoms with E-state index in [0.717, 1.165) is 0 Å². The highest BCUT2D eigenvalue weighted by atomic mass is 127. The summed E-state index contributed by atoms with van der Waals surface area (Å²) >= 11 is 7.56. The summed E-state index contributed by atoms with van der Waals surface area (Å²) in [5.74, 6) is 0.142. The molecule has 0 aromatic carbocycles. The molecule has 0 unspecified atom stereocenters. The second kappa shape index (κ2) is 2.79. The fraction of sp³-hybridized carbons (Fsp3) is 0.200. The van der Waals surface area contributed by atoms with E-state index in [4.69, 9.17) is 16.7 Å². The third-order valence-corrected chi connectivity index (χ3v) is 2.20. The molecule has 2 nitrogen and oxygen atoms in total. The zero-order valence-corrected chi connectivity index (χ0v) is 7.40. The topological polar surface area (TPSA) is 32.3 Å². The molecule has 0 saturated carbocycles. The van der Waals surface area contributed by atoms with E-state index in [-0.39, 0.29) is 5.76 Å². The van der Waals surface area contributed by atoms with E-state index in [1.54, 1.807) is 6.08 Å². The van der Waals surface area contributed by atoms with Crippen molar-refractivity contribution in [3.8, 4) is 0 Å². The maximum Gasteiger partial charge on any atom is 0.163 e. The van der Waals surface area contributed by atoms with Crippen LogP contribution in [0.25, 0.3) is 0 Å². The van der Waals surface area contributed by atoms with Crippen LogP contribution in [0, 0.1) is 0 Å². The van der Waals surface area contributed by atoms with Crippen LogP contribution >= 0.6 is 34.2 Å². The lowest BCUT2D eigenvalue weighted by molar-refractivity contribution is 0.420. The standard InChI is InChI=1S/C5H5ClINO/c6-3-1-2-8-5(7)4(3)9/h1,8-9H,2H2. The fourth-order valence-electron chi connectivity index (χ4n) is 0.515. The zero-order valence-electron chi connectivity index (χ0n) is 4.49. The number of halogens is 2. The highest BCUT2D eigenvalue weighted by Gasteiger charge is 2.08. The van der Waals surface area contributed by atoms with Crippen LogP contribution in [0.1, 0.15) is 0 Å². The summed E-state index contributed by atoms with van der Waals surface area (Å²) in [6.07, 6.45) is 1.72. The third kappa shape index (κ3) is 1.52. The van der Waals surface area contributed by atoms with E-state index in [9.17, 15) is 0 Å². The van der Waals surface area contributed by atoms with E-state index in [1.165, 1.54) is 0 Å². The summed E-state index contributed by atoms with van der Waals surface area (Å²) in [6.45, 7) is 0.696. The molecule has 2 N–H and O–H groups in total. The van der Waals surface area contributed by atoms with Crippen LogP contribution < -0.4 is 5.32 Å². The van der Waals surface area contributed by atoms with Gasteiger partial charge in [-0.2, -0.15) is 0 Å². The average Bonchev–Trinajstić information content (AvgIpc) is 1.83. The van der Waals surface area contributed by atoms with Gasteiger partial charge in [0, 0.05) is 6.54 Å². The van der Waals surface area contributed by atoms with E-state index in [0.29, 0.717) is 15.3 Å². The number of allylic oxidation sites excluding steroid dienone is 1. The summed E-state index contributed by atoms with van der Waals surface area (Å²) in [5.41, 5.74) is 0. The third-order valence-electron chi connectivity index (χ3n) is 0.973. The highest BCUT2D eigenvalue weighted by Crippen LogP contribution is 2.21. The van der Waals surface area contributed by atoms with Crippen molar-refractivity contribution in [2.24, 2.45) is 0 Å². The lowest BCUT2D eigenvalue weighted by atomic mass is 10.4. The van der Waals surface area contributed by atoms with Gasteiger partial charge in [-0.25, -0.2) is 0 Å². The molecule has 0 radical (unpaired) electrons. The lowest BCUT2D eigenvalue weighted by Crippen LogP contribution is -2.15. The van der Waals surface area contributed by atoms with Crippen molar-refractivity contribution >= 4 is 34.2 Å². The van der Waals surface area contributed by atoms with Crippen molar-refractivity contribution in [3.63, 3.8) is 0 Å². The van der Waals surface area contributed by atoms with Gasteiger partial charge >= 0.3 is 0 Å². The molecule has 0 aliphatic carbocycles. The Morgan fingerprint density at radius 3 is 2.89 bits per heavy atom. The van der Waals surface area contributed by atoms with E-state index in [2.05, 4.69) is 5.32 Å². The molecular weight excluding hydrogens is 252 g/mol. The van der Waals surface area contributed by atoms with Gasteiger partial charge in [0.1, 0.15) is 3.70 Å². The highest BCUT2D eigenvalue weighted by molar-refractivity contribution is 14.1. The summed E-state index contributed by atoms with van der Waals surface area (Å²) in [4.78, 5) is 0. The van der Waals surface area contributed by atoms with Gasteiger partial charge in [-0.15, -0.1) is 0 Å². The molecule has 0 aromatic heterocycles. The first-order valence-electron chi connectivity index (χ1n) is 2.40. The first kappa shape index (κ1) is 7.21. The molecule has 9 heavy (non-hydrogen) atoms. The largest absolute Gasteiger partial charge is 0.504 e. The lowest BCUT2D eigenvalue weighted by Gasteiger charge is -2.10. The van der Waals surface area contributed by atoms with Gasteiger partial charge in [0.15, 0.2) is 5.76 Å². The predicted octanol–water partition coefficient (Wildman–Crippen LogP) is 1.87. The smallest absolute Gasteiger partial charge is 0.163 e. The van der Waals surface area contributed by atoms with Crippen LogP contribution in [0.5, 0.6) is 0 Å². The summed E-state index contributed by atoms with van der Waals surface area (Å²) in [5, 5.41) is 12.4. The van der Waals surface area contributed by atoms with Crippen molar-refractivity contribution in [2.75, 3.05) is 6.54 Å².